The maximum absolute atomic E-state index is 16.7. The van der Waals surface area contributed by atoms with Crippen molar-refractivity contribution in [2.75, 3.05) is 0 Å². The number of oxazole rings is 3. The van der Waals surface area contributed by atoms with Gasteiger partial charge in [-0.15, -0.1) is 0 Å². The van der Waals surface area contributed by atoms with Crippen LogP contribution in [0.15, 0.2) is 160 Å². The number of aromatic nitrogens is 3. The number of carboxylic acid groups (broad SMARTS) is 1. The Morgan fingerprint density at radius 1 is 0.532 bits per heavy atom. The summed E-state index contributed by atoms with van der Waals surface area (Å²) < 4.78 is 154. The van der Waals surface area contributed by atoms with Gasteiger partial charge >= 0.3 is 43.2 Å². The average molecular weight is 1110 g/mol. The molecule has 1 aliphatic rings. The zero-order chi connectivity index (χ0) is 54.4. The van der Waals surface area contributed by atoms with E-state index in [0.717, 1.165) is 36.4 Å². The van der Waals surface area contributed by atoms with Gasteiger partial charge in [-0.2, -0.15) is 29.6 Å². The quantitative estimate of drug-likeness (QED) is 0.0765. The van der Waals surface area contributed by atoms with E-state index in [2.05, 4.69) is 34.7 Å². The van der Waals surface area contributed by atoms with Gasteiger partial charge in [0.2, 0.25) is 17.7 Å². The van der Waals surface area contributed by atoms with Crippen LogP contribution < -0.4 is 12.5 Å². The molecule has 26 heteroatoms. The minimum atomic E-state index is -5.88. The molecule has 10 rings (SSSR count). The first kappa shape index (κ1) is 51.9. The number of hydrogen-bond acceptors (Lipinski definition) is 21. The Bertz CT molecular complexity index is 4130. The van der Waals surface area contributed by atoms with E-state index in [-0.39, 0.29) is 67.7 Å². The summed E-state index contributed by atoms with van der Waals surface area (Å²) in [5.74, 6) is -3.85. The number of hydrogen-bond donors (Lipinski definition) is 2. The van der Waals surface area contributed by atoms with Crippen molar-refractivity contribution in [1.29, 1.82) is 0 Å². The van der Waals surface area contributed by atoms with Crippen LogP contribution in [-0.4, -0.2) is 86.8 Å². The van der Waals surface area contributed by atoms with Crippen molar-refractivity contribution in [3.05, 3.63) is 164 Å². The molecule has 0 aliphatic carbocycles. The van der Waals surface area contributed by atoms with Crippen molar-refractivity contribution in [3.63, 3.8) is 0 Å². The topological polar surface area (TPSA) is 303 Å². The Hall–Kier alpha value is -8.60. The molecule has 77 heavy (non-hydrogen) atoms. The Labute approximate surface area is 435 Å². The highest BCUT2D eigenvalue weighted by Crippen LogP contribution is 2.40. The summed E-state index contributed by atoms with van der Waals surface area (Å²) in [5, 5.41) is 21.4. The van der Waals surface area contributed by atoms with Crippen molar-refractivity contribution in [1.82, 2.24) is 15.0 Å². The van der Waals surface area contributed by atoms with Crippen LogP contribution in [0.1, 0.15) is 16.7 Å². The Morgan fingerprint density at radius 2 is 0.857 bits per heavy atom. The Kier molecular flexibility index (Phi) is 13.6. The lowest BCUT2D eigenvalue weighted by atomic mass is 9.98. The molecule has 1 unspecified atom stereocenters. The normalized spacial score (nSPS) is 19.0. The molecule has 9 aromatic rings. The fraction of sp³-hybridized carbons (Fsp3) is 0.0980. The summed E-state index contributed by atoms with van der Waals surface area (Å²) in [6.07, 6.45) is -9.17. The van der Waals surface area contributed by atoms with Gasteiger partial charge in [-0.25, -0.2) is 32.3 Å². The highest BCUT2D eigenvalue weighted by atomic mass is 32.3. The van der Waals surface area contributed by atoms with E-state index in [1.807, 2.05) is 0 Å². The molecule has 1 fully saturated rings. The van der Waals surface area contributed by atoms with Gasteiger partial charge in [0, 0.05) is 51.6 Å². The van der Waals surface area contributed by atoms with Gasteiger partial charge in [0.05, 0.1) is 0 Å². The summed E-state index contributed by atoms with van der Waals surface area (Å²) in [6, 6.07) is 27.2. The molecule has 1 saturated heterocycles. The monoisotopic (exact) mass is 1110 g/mol. The highest BCUT2D eigenvalue weighted by Gasteiger charge is 2.64. The molecule has 3 aromatic heterocycles. The number of ether oxygens (including phenoxy) is 1. The molecule has 394 valence electrons. The molecular weight excluding hydrogens is 1070 g/mol. The molecule has 0 bridgehead atoms. The summed E-state index contributed by atoms with van der Waals surface area (Å²) in [5.41, 5.74) is 2.27. The van der Waals surface area contributed by atoms with Crippen LogP contribution in [0.2, 0.25) is 0 Å². The lowest BCUT2D eigenvalue weighted by Crippen LogP contribution is -2.67. The lowest BCUT2D eigenvalue weighted by molar-refractivity contribution is -0.386. The molecule has 5 atom stereocenters. The summed E-state index contributed by atoms with van der Waals surface area (Å²) in [6.45, 7) is 11.1. The third-order valence-electron chi connectivity index (χ3n) is 11.3. The number of nitrogens with zero attached hydrogens (tertiary/aromatic N) is 3. The first-order chi connectivity index (χ1) is 36.7. The van der Waals surface area contributed by atoms with E-state index >= 15 is 4.39 Å². The number of carbonyl (C=O) groups is 1. The van der Waals surface area contributed by atoms with Crippen LogP contribution >= 0.6 is 0 Å². The van der Waals surface area contributed by atoms with Gasteiger partial charge in [0.1, 0.15) is 46.0 Å². The van der Waals surface area contributed by atoms with E-state index in [1.54, 1.807) is 91.0 Å². The fourth-order valence-electron chi connectivity index (χ4n) is 7.99. The second kappa shape index (κ2) is 20.2. The minimum absolute atomic E-state index is 0.00104. The predicted octanol–water partition coefficient (Wildman–Crippen LogP) is 8.57. The zero-order valence-electron chi connectivity index (χ0n) is 39.1. The SMILES string of the molecule is C=Cc1cc(OS(=O)(=O)O[C@H]2[C@H](OS(=O)(=O)Oc3cc(C=C)c4oc(-c5ccccc5)nc4c3)[C@@H](OS(=O)(=O)Oc3cc(C=C)c4oc(-c5ccccc5)nc4c3)C(O)(F)O[C@@H]2C(=O)O)cc2nc(-c3ccccc3)oc12. The van der Waals surface area contributed by atoms with Crippen LogP contribution in [0.5, 0.6) is 17.2 Å². The molecule has 1 aliphatic heterocycles. The maximum atomic E-state index is 16.7. The number of carboxylic acids is 1. The minimum Gasteiger partial charge on any atom is -0.479 e. The molecule has 6 aromatic carbocycles. The van der Waals surface area contributed by atoms with Crippen molar-refractivity contribution in [3.8, 4) is 51.6 Å². The van der Waals surface area contributed by atoms with Crippen molar-refractivity contribution in [2.45, 2.75) is 30.5 Å². The summed E-state index contributed by atoms with van der Waals surface area (Å²) in [4.78, 5) is 26.0. The second-order valence-electron chi connectivity index (χ2n) is 16.4. The third-order valence-corrected chi connectivity index (χ3v) is 13.8. The molecular formula is C51H36FN3O19S3. The number of aliphatic hydroxyl groups is 1. The Balaban J connectivity index is 1.01. The van der Waals surface area contributed by atoms with E-state index in [9.17, 15) is 40.3 Å². The molecule has 0 spiro atoms. The van der Waals surface area contributed by atoms with Crippen LogP contribution in [0, 0.1) is 0 Å². The van der Waals surface area contributed by atoms with Crippen LogP contribution in [-0.2, 0) is 53.3 Å². The van der Waals surface area contributed by atoms with Crippen LogP contribution in [0.4, 0.5) is 4.39 Å². The number of fused-ring (bicyclic) bond motifs is 3. The van der Waals surface area contributed by atoms with Gasteiger partial charge in [0.15, 0.2) is 29.0 Å². The second-order valence-corrected chi connectivity index (χ2v) is 20.0. The van der Waals surface area contributed by atoms with Gasteiger partial charge in [-0.1, -0.05) is 92.6 Å². The number of aliphatic carboxylic acids is 1. The number of benzene rings is 6. The van der Waals surface area contributed by atoms with Crippen molar-refractivity contribution in [2.24, 2.45) is 0 Å². The highest BCUT2D eigenvalue weighted by molar-refractivity contribution is 7.82. The third kappa shape index (κ3) is 10.9. The van der Waals surface area contributed by atoms with Gasteiger partial charge in [-0.3, -0.25) is 0 Å². The molecule has 22 nitrogen and oxygen atoms in total. The van der Waals surface area contributed by atoms with Gasteiger partial charge in [0.25, 0.3) is 0 Å². The number of rotatable bonds is 19. The van der Waals surface area contributed by atoms with Crippen LogP contribution in [0.25, 0.3) is 85.9 Å². The standard InChI is InChI=1S/C51H36FN3O19S3/c1-4-28-22-34(25-37-40(28)65-47(53-37)31-16-10-7-11-17-31)69-75(59,60)72-43-44(73-76(61,62)70-35-23-29(5-2)41-38(26-35)54-48(66-41)32-18-12-8-13-19-32)46(51(52,58)68-45(43)50(56)57)74-77(63,64)71-36-24-30(6-3)42-39(27-36)55-49(67-42)33-20-14-9-15-21-33/h4-27,43-46,58H,1-3H2,(H,56,57)/t43-,44-,45-,46+,51?/m0/s1. The van der Waals surface area contributed by atoms with Gasteiger partial charge in [-0.05, 0) is 54.6 Å². The molecule has 0 radical (unpaired) electrons. The molecule has 0 saturated carbocycles. The first-order valence-electron chi connectivity index (χ1n) is 22.3. The zero-order valence-corrected chi connectivity index (χ0v) is 41.5. The number of alkyl halides is 1. The summed E-state index contributed by atoms with van der Waals surface area (Å²) in [7, 11) is -17.5. The first-order valence-corrected chi connectivity index (χ1v) is 26.3. The molecule has 0 amide bonds. The molecule has 4 heterocycles. The van der Waals surface area contributed by atoms with E-state index in [4.69, 9.17) is 43.1 Å². The largest absolute Gasteiger partial charge is 0.479 e. The smallest absolute Gasteiger partial charge is 0.449 e. The predicted molar refractivity (Wildman–Crippen MR) is 270 cm³/mol. The number of halogens is 1. The van der Waals surface area contributed by atoms with E-state index in [0.29, 0.717) is 16.7 Å². The maximum Gasteiger partial charge on any atom is 0.449 e. The lowest BCUT2D eigenvalue weighted by Gasteiger charge is -2.42. The summed E-state index contributed by atoms with van der Waals surface area (Å²) >= 11 is 0. The van der Waals surface area contributed by atoms with E-state index in [1.165, 1.54) is 18.2 Å². The Morgan fingerprint density at radius 3 is 1.18 bits per heavy atom. The van der Waals surface area contributed by atoms with Crippen molar-refractivity contribution >= 4 is 88.7 Å². The average Bonchev–Trinajstić information content (AvgIpc) is 4.17. The van der Waals surface area contributed by atoms with E-state index < -0.39 is 84.9 Å². The van der Waals surface area contributed by atoms with Crippen LogP contribution in [0.3, 0.4) is 0 Å². The van der Waals surface area contributed by atoms with Gasteiger partial charge < -0.3 is 40.8 Å². The fourth-order valence-corrected chi connectivity index (χ4v) is 10.6. The van der Waals surface area contributed by atoms with Crippen molar-refractivity contribution < 1.29 is 87.7 Å². The molecule has 2 N–H and O–H groups in total.